The molecule has 0 aromatic heterocycles. The van der Waals surface area contributed by atoms with Crippen LogP contribution in [0.5, 0.6) is 0 Å². The Morgan fingerprint density at radius 3 is 2.55 bits per heavy atom. The van der Waals surface area contributed by atoms with Crippen LogP contribution in [0.4, 0.5) is 0 Å². The second kappa shape index (κ2) is 7.73. The van der Waals surface area contributed by atoms with Gasteiger partial charge in [-0.15, -0.1) is 0 Å². The third kappa shape index (κ3) is 4.56. The summed E-state index contributed by atoms with van der Waals surface area (Å²) in [4.78, 5) is 0.249. The molecular weight excluding hydrogens is 276 g/mol. The maximum Gasteiger partial charge on any atom is 0.240 e. The molecule has 0 amide bonds. The van der Waals surface area contributed by atoms with Crippen LogP contribution in [0.25, 0.3) is 0 Å². The second-order valence-corrected chi connectivity index (χ2v) is 6.38. The summed E-state index contributed by atoms with van der Waals surface area (Å²) < 4.78 is 32.3. The molecule has 114 valence electrons. The fraction of sp³-hybridized carbons (Fsp3) is 0.571. The molecule has 6 heteroatoms. The molecule has 0 saturated heterocycles. The summed E-state index contributed by atoms with van der Waals surface area (Å²) in [6, 6.07) is 4.82. The first kappa shape index (κ1) is 17.1. The Morgan fingerprint density at radius 2 is 2.00 bits per heavy atom. The fourth-order valence-corrected chi connectivity index (χ4v) is 3.24. The van der Waals surface area contributed by atoms with E-state index in [9.17, 15) is 8.42 Å². The highest BCUT2D eigenvalue weighted by Gasteiger charge is 2.18. The number of nitrogens with two attached hydrogens (primary N) is 1. The number of benzene rings is 1. The van der Waals surface area contributed by atoms with E-state index in [1.54, 1.807) is 19.1 Å². The van der Waals surface area contributed by atoms with E-state index in [2.05, 4.69) is 4.72 Å². The van der Waals surface area contributed by atoms with Gasteiger partial charge in [0.1, 0.15) is 0 Å². The molecule has 1 atom stereocenters. The summed E-state index contributed by atoms with van der Waals surface area (Å²) in [5.74, 6) is 0. The smallest absolute Gasteiger partial charge is 0.240 e. The standard InChI is InChI=1S/C14H24N2O3S/c1-4-12-6-7-14(8-13(12)9-15)20(17,18)16-11(3)10-19-5-2/h6-8,11,16H,4-5,9-10,15H2,1-3H3. The van der Waals surface area contributed by atoms with E-state index >= 15 is 0 Å². The van der Waals surface area contributed by atoms with Gasteiger partial charge in [-0.05, 0) is 43.5 Å². The SMILES string of the molecule is CCOCC(C)NS(=O)(=O)c1ccc(CC)c(CN)c1. The summed E-state index contributed by atoms with van der Waals surface area (Å²) in [6.45, 7) is 6.92. The van der Waals surface area contributed by atoms with Crippen molar-refractivity contribution in [2.75, 3.05) is 13.2 Å². The first-order valence-corrected chi connectivity index (χ1v) is 8.34. The molecule has 0 radical (unpaired) electrons. The van der Waals surface area contributed by atoms with Gasteiger partial charge in [-0.2, -0.15) is 0 Å². The van der Waals surface area contributed by atoms with Gasteiger partial charge >= 0.3 is 0 Å². The summed E-state index contributed by atoms with van der Waals surface area (Å²) in [5, 5.41) is 0. The number of hydrogen-bond acceptors (Lipinski definition) is 4. The Kier molecular flexibility index (Phi) is 6.61. The van der Waals surface area contributed by atoms with Crippen LogP contribution >= 0.6 is 0 Å². The van der Waals surface area contributed by atoms with E-state index in [1.807, 2.05) is 19.9 Å². The van der Waals surface area contributed by atoms with Crippen molar-refractivity contribution < 1.29 is 13.2 Å². The summed E-state index contributed by atoms with van der Waals surface area (Å²) in [7, 11) is -3.53. The Hall–Kier alpha value is -0.950. The number of aryl methyl sites for hydroxylation is 1. The minimum Gasteiger partial charge on any atom is -0.380 e. The molecule has 20 heavy (non-hydrogen) atoms. The van der Waals surface area contributed by atoms with Crippen molar-refractivity contribution in [2.45, 2.75) is 44.7 Å². The average Bonchev–Trinajstić information content (AvgIpc) is 2.43. The molecule has 0 saturated carbocycles. The number of ether oxygens (including phenoxy) is 1. The molecule has 0 heterocycles. The molecule has 5 nitrogen and oxygen atoms in total. The molecule has 1 unspecified atom stereocenters. The molecule has 0 aliphatic carbocycles. The molecule has 1 aromatic carbocycles. The lowest BCUT2D eigenvalue weighted by atomic mass is 10.1. The zero-order valence-corrected chi connectivity index (χ0v) is 13.2. The quantitative estimate of drug-likeness (QED) is 0.760. The number of hydrogen-bond donors (Lipinski definition) is 2. The van der Waals surface area contributed by atoms with E-state index in [0.29, 0.717) is 19.8 Å². The van der Waals surface area contributed by atoms with Gasteiger partial charge in [-0.25, -0.2) is 13.1 Å². The first-order chi connectivity index (χ1) is 9.44. The highest BCUT2D eigenvalue weighted by atomic mass is 32.2. The lowest BCUT2D eigenvalue weighted by Gasteiger charge is -2.15. The molecule has 3 N–H and O–H groups in total. The van der Waals surface area contributed by atoms with E-state index in [1.165, 1.54) is 0 Å². The minimum atomic E-state index is -3.53. The highest BCUT2D eigenvalue weighted by molar-refractivity contribution is 7.89. The molecule has 0 bridgehead atoms. The summed E-state index contributed by atoms with van der Waals surface area (Å²) in [6.07, 6.45) is 0.834. The monoisotopic (exact) mass is 300 g/mol. The first-order valence-electron chi connectivity index (χ1n) is 6.86. The third-order valence-corrected chi connectivity index (χ3v) is 4.60. The van der Waals surface area contributed by atoms with Crippen LogP contribution in [0.3, 0.4) is 0 Å². The van der Waals surface area contributed by atoms with Crippen LogP contribution in [0.15, 0.2) is 23.1 Å². The fourth-order valence-electron chi connectivity index (χ4n) is 1.97. The Balaban J connectivity index is 2.92. The largest absolute Gasteiger partial charge is 0.380 e. The van der Waals surface area contributed by atoms with Crippen molar-refractivity contribution in [3.63, 3.8) is 0 Å². The lowest BCUT2D eigenvalue weighted by Crippen LogP contribution is -2.36. The van der Waals surface area contributed by atoms with Gasteiger partial charge in [0.05, 0.1) is 11.5 Å². The molecular formula is C14H24N2O3S. The maximum atomic E-state index is 12.3. The van der Waals surface area contributed by atoms with Crippen molar-refractivity contribution in [1.82, 2.24) is 4.72 Å². The Morgan fingerprint density at radius 1 is 1.30 bits per heavy atom. The molecule has 0 spiro atoms. The molecule has 0 aliphatic heterocycles. The van der Waals surface area contributed by atoms with Crippen LogP contribution in [-0.2, 0) is 27.7 Å². The van der Waals surface area contributed by atoms with Crippen LogP contribution in [0.2, 0.25) is 0 Å². The number of sulfonamides is 1. The predicted octanol–water partition coefficient (Wildman–Crippen LogP) is 1.41. The van der Waals surface area contributed by atoms with Gasteiger partial charge in [-0.3, -0.25) is 0 Å². The van der Waals surface area contributed by atoms with E-state index in [0.717, 1.165) is 17.5 Å². The average molecular weight is 300 g/mol. The number of rotatable bonds is 8. The molecule has 0 fully saturated rings. The Labute approximate surface area is 121 Å². The van der Waals surface area contributed by atoms with Crippen LogP contribution in [0.1, 0.15) is 31.9 Å². The van der Waals surface area contributed by atoms with E-state index < -0.39 is 10.0 Å². The van der Waals surface area contributed by atoms with E-state index in [4.69, 9.17) is 10.5 Å². The topological polar surface area (TPSA) is 81.4 Å². The molecule has 0 aliphatic rings. The summed E-state index contributed by atoms with van der Waals surface area (Å²) in [5.41, 5.74) is 7.62. The third-order valence-electron chi connectivity index (χ3n) is 3.02. The van der Waals surface area contributed by atoms with Gasteiger partial charge in [0, 0.05) is 19.2 Å². The molecule has 1 aromatic rings. The van der Waals surface area contributed by atoms with Crippen molar-refractivity contribution >= 4 is 10.0 Å². The van der Waals surface area contributed by atoms with Gasteiger partial charge in [0.2, 0.25) is 10.0 Å². The van der Waals surface area contributed by atoms with Crippen molar-refractivity contribution in [3.05, 3.63) is 29.3 Å². The lowest BCUT2D eigenvalue weighted by molar-refractivity contribution is 0.133. The summed E-state index contributed by atoms with van der Waals surface area (Å²) >= 11 is 0. The normalized spacial score (nSPS) is 13.4. The van der Waals surface area contributed by atoms with Crippen molar-refractivity contribution in [2.24, 2.45) is 5.73 Å². The van der Waals surface area contributed by atoms with Crippen molar-refractivity contribution in [1.29, 1.82) is 0 Å². The van der Waals surface area contributed by atoms with Crippen LogP contribution < -0.4 is 10.5 Å². The van der Waals surface area contributed by atoms with Crippen molar-refractivity contribution in [3.8, 4) is 0 Å². The van der Waals surface area contributed by atoms with Gasteiger partial charge in [0.15, 0.2) is 0 Å². The highest BCUT2D eigenvalue weighted by Crippen LogP contribution is 2.16. The molecule has 1 rings (SSSR count). The van der Waals surface area contributed by atoms with E-state index in [-0.39, 0.29) is 10.9 Å². The van der Waals surface area contributed by atoms with Crippen LogP contribution in [0, 0.1) is 0 Å². The van der Waals surface area contributed by atoms with Gasteiger partial charge in [0.25, 0.3) is 0 Å². The van der Waals surface area contributed by atoms with Gasteiger partial charge in [-0.1, -0.05) is 13.0 Å². The Bertz CT molecular complexity index is 529. The second-order valence-electron chi connectivity index (χ2n) is 4.67. The number of nitrogens with one attached hydrogen (secondary N) is 1. The predicted molar refractivity (Wildman–Crippen MR) is 80.0 cm³/mol. The van der Waals surface area contributed by atoms with Crippen LogP contribution in [-0.4, -0.2) is 27.7 Å². The zero-order chi connectivity index (χ0) is 15.2. The van der Waals surface area contributed by atoms with Gasteiger partial charge < -0.3 is 10.5 Å². The minimum absolute atomic E-state index is 0.249. The maximum absolute atomic E-state index is 12.3. The zero-order valence-electron chi connectivity index (χ0n) is 12.3.